The van der Waals surface area contributed by atoms with E-state index in [4.69, 9.17) is 0 Å². The summed E-state index contributed by atoms with van der Waals surface area (Å²) in [7, 11) is 0. The third kappa shape index (κ3) is 1.76. The maximum Gasteiger partial charge on any atom is 0.339 e. The van der Waals surface area contributed by atoms with Crippen LogP contribution in [0.3, 0.4) is 0 Å². The summed E-state index contributed by atoms with van der Waals surface area (Å²) >= 11 is 0. The van der Waals surface area contributed by atoms with Crippen LogP contribution in [-0.2, 0) is 0 Å². The molecule has 1 aliphatic rings. The fourth-order valence-electron chi connectivity index (χ4n) is 1.83. The van der Waals surface area contributed by atoms with Crippen LogP contribution in [0.15, 0.2) is 41.3 Å². The van der Waals surface area contributed by atoms with Gasteiger partial charge in [-0.3, -0.25) is 4.98 Å². The minimum atomic E-state index is -0.359. The van der Waals surface area contributed by atoms with Crippen LogP contribution in [0.2, 0.25) is 0 Å². The Morgan fingerprint density at radius 1 is 1.11 bits per heavy atom. The molecule has 3 rings (SSSR count). The highest BCUT2D eigenvalue weighted by molar-refractivity contribution is 5.92. The lowest BCUT2D eigenvalue weighted by Gasteiger charge is -2.13. The average molecular weight is 245 g/mol. The number of hydrogen-bond acceptors (Lipinski definition) is 3. The number of hydrogen-bond donors (Lipinski definition) is 4. The highest BCUT2D eigenvalue weighted by Crippen LogP contribution is 2.18. The Hall–Kier alpha value is -2.54. The number of carbonyl (C=O) groups is 1. The summed E-state index contributed by atoms with van der Waals surface area (Å²) < 4.78 is 0. The van der Waals surface area contributed by atoms with Gasteiger partial charge in [0.25, 0.3) is 0 Å². The number of aromatic amines is 2. The number of H-pyrrole nitrogens is 2. The van der Waals surface area contributed by atoms with Crippen LogP contribution in [0.5, 0.6) is 0 Å². The van der Waals surface area contributed by atoms with Crippen molar-refractivity contribution in [1.82, 2.24) is 20.7 Å². The summed E-state index contributed by atoms with van der Waals surface area (Å²) in [6.07, 6.45) is 1.12. The summed E-state index contributed by atoms with van der Waals surface area (Å²) in [6, 6.07) is 9.18. The van der Waals surface area contributed by atoms with Gasteiger partial charge in [-0.2, -0.15) is 5.43 Å². The van der Waals surface area contributed by atoms with Crippen LogP contribution in [0.25, 0.3) is 0 Å². The highest BCUT2D eigenvalue weighted by Gasteiger charge is 2.31. The molecule has 1 aliphatic heterocycles. The zero-order chi connectivity index (χ0) is 12.5. The van der Waals surface area contributed by atoms with E-state index in [1.165, 1.54) is 11.2 Å². The van der Waals surface area contributed by atoms with E-state index < -0.39 is 0 Å². The number of benzene rings is 1. The Balaban J connectivity index is 1.85. The van der Waals surface area contributed by atoms with Crippen LogP contribution in [-0.4, -0.2) is 16.0 Å². The van der Waals surface area contributed by atoms with Gasteiger partial charge in [-0.1, -0.05) is 30.3 Å². The molecule has 1 aromatic carbocycles. The first-order valence-electron chi connectivity index (χ1n) is 5.43. The van der Waals surface area contributed by atoms with E-state index in [9.17, 15) is 9.59 Å². The van der Waals surface area contributed by atoms with Crippen molar-refractivity contribution in [3.05, 3.63) is 52.6 Å². The van der Waals surface area contributed by atoms with Gasteiger partial charge in [-0.15, -0.1) is 0 Å². The lowest BCUT2D eigenvalue weighted by atomic mass is 10.2. The van der Waals surface area contributed by atoms with Gasteiger partial charge in [0.05, 0.1) is 0 Å². The van der Waals surface area contributed by atoms with Gasteiger partial charge in [0.15, 0.2) is 0 Å². The maximum absolute atomic E-state index is 11.8. The Bertz CT molecular complexity index is 618. The lowest BCUT2D eigenvalue weighted by Crippen LogP contribution is -2.35. The van der Waals surface area contributed by atoms with Crippen LogP contribution >= 0.6 is 0 Å². The molecule has 92 valence electrons. The molecule has 2 amide bonds. The monoisotopic (exact) mass is 245 g/mol. The van der Waals surface area contributed by atoms with Crippen molar-refractivity contribution in [1.29, 1.82) is 0 Å². The normalized spacial score (nSPS) is 19.0. The Labute approximate surface area is 102 Å². The topological polar surface area (TPSA) is 93.0 Å². The van der Waals surface area contributed by atoms with E-state index in [0.29, 0.717) is 5.82 Å². The van der Waals surface area contributed by atoms with Crippen molar-refractivity contribution < 1.29 is 4.79 Å². The molecule has 7 nitrogen and oxygen atoms in total. The minimum absolute atomic E-state index is 0.308. The van der Waals surface area contributed by atoms with Gasteiger partial charge in [0.1, 0.15) is 12.0 Å². The predicted octanol–water partition coefficient (Wildman–Crippen LogP) is 0.436. The number of anilines is 1. The number of nitrogens with one attached hydrogen (secondary N) is 4. The molecule has 0 aliphatic carbocycles. The Kier molecular flexibility index (Phi) is 2.38. The van der Waals surface area contributed by atoms with Gasteiger partial charge >= 0.3 is 11.7 Å². The molecule has 1 saturated heterocycles. The molecule has 0 saturated carbocycles. The summed E-state index contributed by atoms with van der Waals surface area (Å²) in [5.74, 6) is 0.371. The van der Waals surface area contributed by atoms with Crippen LogP contribution in [0, 0.1) is 0 Å². The molecule has 7 heteroatoms. The first kappa shape index (κ1) is 10.6. The smallest absolute Gasteiger partial charge is 0.315 e. The third-order valence-corrected chi connectivity index (χ3v) is 2.68. The van der Waals surface area contributed by atoms with Crippen molar-refractivity contribution in [2.45, 2.75) is 6.17 Å². The highest BCUT2D eigenvalue weighted by atomic mass is 16.2. The van der Waals surface area contributed by atoms with E-state index in [2.05, 4.69) is 20.7 Å². The van der Waals surface area contributed by atoms with Crippen LogP contribution < -0.4 is 21.4 Å². The van der Waals surface area contributed by atoms with E-state index >= 15 is 0 Å². The number of nitrogens with zero attached hydrogens (tertiary/aromatic N) is 1. The van der Waals surface area contributed by atoms with Crippen molar-refractivity contribution in [3.8, 4) is 0 Å². The number of hydrazine groups is 1. The molecule has 18 heavy (non-hydrogen) atoms. The fourth-order valence-corrected chi connectivity index (χ4v) is 1.83. The molecule has 2 aromatic rings. The van der Waals surface area contributed by atoms with E-state index in [1.807, 2.05) is 30.3 Å². The average Bonchev–Trinajstić information content (AvgIpc) is 2.97. The van der Waals surface area contributed by atoms with Crippen molar-refractivity contribution in [3.63, 3.8) is 0 Å². The molecule has 0 radical (unpaired) electrons. The summed E-state index contributed by atoms with van der Waals surface area (Å²) in [6.45, 7) is 0. The molecule has 4 N–H and O–H groups in total. The van der Waals surface area contributed by atoms with Crippen molar-refractivity contribution >= 4 is 11.8 Å². The fraction of sp³-hybridized carbons (Fsp3) is 0.0909. The molecule has 0 bridgehead atoms. The second kappa shape index (κ2) is 4.04. The number of carbonyl (C=O) groups excluding carboxylic acids is 1. The first-order chi connectivity index (χ1) is 8.74. The van der Waals surface area contributed by atoms with Gasteiger partial charge < -0.3 is 10.3 Å². The van der Waals surface area contributed by atoms with Crippen molar-refractivity contribution in [2.24, 2.45) is 0 Å². The largest absolute Gasteiger partial charge is 0.339 e. The van der Waals surface area contributed by atoms with Gasteiger partial charge in [-0.05, 0) is 5.56 Å². The SMILES string of the molecule is O=C1NC(c2ccccc2)NN1c1c[nH]c(=O)[nH]1. The summed E-state index contributed by atoms with van der Waals surface area (Å²) in [5.41, 5.74) is 3.55. The lowest BCUT2D eigenvalue weighted by molar-refractivity contribution is 0.250. The predicted molar refractivity (Wildman–Crippen MR) is 64.7 cm³/mol. The van der Waals surface area contributed by atoms with E-state index in [-0.39, 0.29) is 17.9 Å². The molecule has 1 unspecified atom stereocenters. The number of rotatable bonds is 2. The quantitative estimate of drug-likeness (QED) is 0.618. The molecule has 2 heterocycles. The maximum atomic E-state index is 11.8. The standard InChI is InChI=1S/C11H11N5O2/c17-10-12-6-8(13-10)16-11(18)14-9(15-16)7-4-2-1-3-5-7/h1-6,9,15H,(H,14,18)(H2,12,13,17). The third-order valence-electron chi connectivity index (χ3n) is 2.68. The molecule has 1 fully saturated rings. The number of imidazole rings is 1. The first-order valence-corrected chi connectivity index (χ1v) is 5.43. The van der Waals surface area contributed by atoms with E-state index in [0.717, 1.165) is 5.56 Å². The molecule has 0 spiro atoms. The molecular formula is C11H11N5O2. The zero-order valence-electron chi connectivity index (χ0n) is 9.31. The van der Waals surface area contributed by atoms with Crippen molar-refractivity contribution in [2.75, 3.05) is 5.01 Å². The summed E-state index contributed by atoms with van der Waals surface area (Å²) in [5, 5.41) is 4.03. The molecule has 1 aromatic heterocycles. The summed E-state index contributed by atoms with van der Waals surface area (Å²) in [4.78, 5) is 27.8. The van der Waals surface area contributed by atoms with Gasteiger partial charge in [-0.25, -0.2) is 14.6 Å². The molecular weight excluding hydrogens is 234 g/mol. The van der Waals surface area contributed by atoms with Gasteiger partial charge in [0.2, 0.25) is 0 Å². The van der Waals surface area contributed by atoms with Crippen LogP contribution in [0.4, 0.5) is 10.6 Å². The number of aromatic nitrogens is 2. The van der Waals surface area contributed by atoms with Gasteiger partial charge in [0, 0.05) is 6.20 Å². The Morgan fingerprint density at radius 3 is 2.56 bits per heavy atom. The van der Waals surface area contributed by atoms with E-state index in [1.54, 1.807) is 0 Å². The second-order valence-corrected chi connectivity index (χ2v) is 3.89. The van der Waals surface area contributed by atoms with Crippen LogP contribution in [0.1, 0.15) is 11.7 Å². The second-order valence-electron chi connectivity index (χ2n) is 3.89. The zero-order valence-corrected chi connectivity index (χ0v) is 9.31. The number of amides is 2. The number of urea groups is 1. The molecule has 1 atom stereocenters. The minimum Gasteiger partial charge on any atom is -0.315 e. The Morgan fingerprint density at radius 2 is 1.89 bits per heavy atom.